The summed E-state index contributed by atoms with van der Waals surface area (Å²) in [7, 11) is 0. The number of nitrogens with zero attached hydrogens (tertiary/aromatic N) is 3. The molecule has 1 atom stereocenters. The van der Waals surface area contributed by atoms with Gasteiger partial charge in [0.25, 0.3) is 5.91 Å². The van der Waals surface area contributed by atoms with Crippen LogP contribution in [0, 0.1) is 0 Å². The minimum atomic E-state index is -0.0825. The van der Waals surface area contributed by atoms with Gasteiger partial charge in [-0.05, 0) is 35.4 Å². The number of hydrogen-bond donors (Lipinski definition) is 1. The van der Waals surface area contributed by atoms with Crippen LogP contribution in [0.1, 0.15) is 10.4 Å². The second-order valence-corrected chi connectivity index (χ2v) is 8.05. The summed E-state index contributed by atoms with van der Waals surface area (Å²) in [6, 6.07) is 19.3. The number of benzene rings is 2. The Balaban J connectivity index is 1.36. The number of fused-ring (bicyclic) bond motifs is 2. The molecule has 0 aliphatic carbocycles. The molecule has 1 saturated heterocycles. The fraction of sp³-hybridized carbons (Fsp3) is 0.240. The maximum atomic E-state index is 12.9. The normalized spacial score (nSPS) is 18.8. The van der Waals surface area contributed by atoms with Crippen molar-refractivity contribution in [2.45, 2.75) is 6.04 Å². The lowest BCUT2D eigenvalue weighted by molar-refractivity contribution is -0.118. The van der Waals surface area contributed by atoms with Gasteiger partial charge in [-0.3, -0.25) is 19.5 Å². The third kappa shape index (κ3) is 4.20. The monoisotopic (exact) mass is 428 g/mol. The molecule has 32 heavy (non-hydrogen) atoms. The van der Waals surface area contributed by atoms with Crippen LogP contribution < -0.4 is 10.1 Å². The Morgan fingerprint density at radius 3 is 2.62 bits per heavy atom. The average Bonchev–Trinajstić information content (AvgIpc) is 2.90. The fourth-order valence-electron chi connectivity index (χ4n) is 4.24. The molecule has 1 aromatic heterocycles. The first-order valence-corrected chi connectivity index (χ1v) is 10.7. The van der Waals surface area contributed by atoms with Crippen molar-refractivity contribution in [1.29, 1.82) is 0 Å². The summed E-state index contributed by atoms with van der Waals surface area (Å²) in [5.74, 6) is 0.530. The van der Waals surface area contributed by atoms with Gasteiger partial charge in [-0.15, -0.1) is 0 Å². The van der Waals surface area contributed by atoms with Crippen LogP contribution in [0.2, 0.25) is 0 Å². The van der Waals surface area contributed by atoms with Crippen molar-refractivity contribution in [3.05, 3.63) is 78.6 Å². The van der Waals surface area contributed by atoms with Crippen molar-refractivity contribution in [1.82, 2.24) is 14.8 Å². The molecule has 0 bridgehead atoms. The van der Waals surface area contributed by atoms with E-state index in [4.69, 9.17) is 4.74 Å². The summed E-state index contributed by atoms with van der Waals surface area (Å²) < 4.78 is 6.15. The van der Waals surface area contributed by atoms with Gasteiger partial charge in [0.05, 0.1) is 18.3 Å². The zero-order chi connectivity index (χ0) is 21.9. The number of carbonyl (C=O) groups is 2. The van der Waals surface area contributed by atoms with Gasteiger partial charge in [-0.25, -0.2) is 0 Å². The molecule has 0 radical (unpaired) electrons. The molecule has 1 fully saturated rings. The molecule has 7 nitrogen and oxygen atoms in total. The van der Waals surface area contributed by atoms with E-state index in [1.54, 1.807) is 24.5 Å². The molecule has 5 rings (SSSR count). The lowest BCUT2D eigenvalue weighted by Crippen LogP contribution is -2.57. The highest BCUT2D eigenvalue weighted by Gasteiger charge is 2.32. The molecule has 3 heterocycles. The number of ether oxygens (including phenoxy) is 1. The van der Waals surface area contributed by atoms with E-state index in [1.165, 1.54) is 0 Å². The topological polar surface area (TPSA) is 74.8 Å². The van der Waals surface area contributed by atoms with Gasteiger partial charge < -0.3 is 15.0 Å². The third-order valence-corrected chi connectivity index (χ3v) is 5.96. The molecule has 3 aromatic rings. The first-order valence-electron chi connectivity index (χ1n) is 10.7. The van der Waals surface area contributed by atoms with Crippen LogP contribution in [0.15, 0.2) is 73.1 Å². The Kier molecular flexibility index (Phi) is 5.56. The minimum absolute atomic E-state index is 0.0238. The highest BCUT2D eigenvalue weighted by Crippen LogP contribution is 2.32. The summed E-state index contributed by atoms with van der Waals surface area (Å²) in [5, 5.41) is 3.01. The van der Waals surface area contributed by atoms with Gasteiger partial charge in [0.1, 0.15) is 12.4 Å². The number of carbonyl (C=O) groups excluding carboxylic acids is 2. The summed E-state index contributed by atoms with van der Waals surface area (Å²) in [6.45, 7) is 2.35. The number of anilines is 1. The first kappa shape index (κ1) is 20.2. The number of piperazine rings is 1. The molecule has 2 aromatic carbocycles. The number of hydrogen-bond acceptors (Lipinski definition) is 5. The van der Waals surface area contributed by atoms with E-state index in [-0.39, 0.29) is 24.4 Å². The number of amides is 2. The van der Waals surface area contributed by atoms with E-state index in [1.807, 2.05) is 53.4 Å². The Morgan fingerprint density at radius 1 is 1.00 bits per heavy atom. The number of nitrogens with one attached hydrogen (secondary N) is 1. The van der Waals surface area contributed by atoms with Crippen molar-refractivity contribution in [2.75, 3.05) is 38.1 Å². The van der Waals surface area contributed by atoms with Gasteiger partial charge in [-0.1, -0.05) is 36.4 Å². The summed E-state index contributed by atoms with van der Waals surface area (Å²) >= 11 is 0. The minimum Gasteiger partial charge on any atom is -0.490 e. The standard InChI is InChI=1S/C25H24N4O3/c30-24-16-28-12-13-29(25(31)19-8-10-26-11-9-19)15-21(28)17-32-23-7-6-20(14-22(23)27-24)18-4-2-1-3-5-18/h1-11,14,21H,12-13,15-17H2,(H,27,30)/t21-/m0/s1. The van der Waals surface area contributed by atoms with Crippen LogP contribution in [0.3, 0.4) is 0 Å². The van der Waals surface area contributed by atoms with Crippen molar-refractivity contribution in [3.8, 4) is 16.9 Å². The lowest BCUT2D eigenvalue weighted by Gasteiger charge is -2.40. The quantitative estimate of drug-likeness (QED) is 0.679. The number of pyridine rings is 1. The molecule has 2 amide bonds. The largest absolute Gasteiger partial charge is 0.490 e. The smallest absolute Gasteiger partial charge is 0.254 e. The Hall–Kier alpha value is -3.71. The van der Waals surface area contributed by atoms with Crippen molar-refractivity contribution in [3.63, 3.8) is 0 Å². The predicted octanol–water partition coefficient (Wildman–Crippen LogP) is 2.91. The molecule has 2 aliphatic rings. The van der Waals surface area contributed by atoms with E-state index in [2.05, 4.69) is 15.2 Å². The van der Waals surface area contributed by atoms with Gasteiger partial charge in [-0.2, -0.15) is 0 Å². The third-order valence-electron chi connectivity index (χ3n) is 5.96. The molecule has 1 N–H and O–H groups in total. The second-order valence-electron chi connectivity index (χ2n) is 8.05. The first-order chi connectivity index (χ1) is 15.7. The maximum absolute atomic E-state index is 12.9. The van der Waals surface area contributed by atoms with E-state index >= 15 is 0 Å². The molecule has 0 spiro atoms. The highest BCUT2D eigenvalue weighted by atomic mass is 16.5. The molecule has 162 valence electrons. The second kappa shape index (κ2) is 8.80. The van der Waals surface area contributed by atoms with Crippen molar-refractivity contribution in [2.24, 2.45) is 0 Å². The zero-order valence-electron chi connectivity index (χ0n) is 17.6. The van der Waals surface area contributed by atoms with E-state index < -0.39 is 0 Å². The fourth-order valence-corrected chi connectivity index (χ4v) is 4.24. The SMILES string of the molecule is O=C1CN2CCN(C(=O)c3ccncc3)C[C@H]2COc2ccc(-c3ccccc3)cc2N1. The van der Waals surface area contributed by atoms with Crippen LogP contribution in [0.5, 0.6) is 5.75 Å². The molecule has 7 heteroatoms. The van der Waals surface area contributed by atoms with Gasteiger partial charge in [0, 0.05) is 37.6 Å². The molecular formula is C25H24N4O3. The van der Waals surface area contributed by atoms with Crippen LogP contribution in [0.25, 0.3) is 11.1 Å². The lowest BCUT2D eigenvalue weighted by atomic mass is 10.0. The molecule has 2 aliphatic heterocycles. The van der Waals surface area contributed by atoms with Gasteiger partial charge >= 0.3 is 0 Å². The average molecular weight is 428 g/mol. The van der Waals surface area contributed by atoms with Crippen LogP contribution in [-0.2, 0) is 4.79 Å². The van der Waals surface area contributed by atoms with Crippen LogP contribution in [-0.4, -0.2) is 65.4 Å². The molecule has 0 unspecified atom stereocenters. The van der Waals surface area contributed by atoms with E-state index in [9.17, 15) is 9.59 Å². The Labute approximate surface area is 186 Å². The van der Waals surface area contributed by atoms with Crippen LogP contribution >= 0.6 is 0 Å². The van der Waals surface area contributed by atoms with Crippen molar-refractivity contribution < 1.29 is 14.3 Å². The molecular weight excluding hydrogens is 404 g/mol. The maximum Gasteiger partial charge on any atom is 0.254 e. The number of aromatic nitrogens is 1. The van der Waals surface area contributed by atoms with E-state index in [0.717, 1.165) is 11.1 Å². The summed E-state index contributed by atoms with van der Waals surface area (Å²) in [6.07, 6.45) is 3.25. The van der Waals surface area contributed by atoms with Gasteiger partial charge in [0.2, 0.25) is 5.91 Å². The highest BCUT2D eigenvalue weighted by molar-refractivity contribution is 5.95. The zero-order valence-corrected chi connectivity index (χ0v) is 17.6. The van der Waals surface area contributed by atoms with E-state index in [0.29, 0.717) is 43.2 Å². The van der Waals surface area contributed by atoms with Crippen LogP contribution in [0.4, 0.5) is 5.69 Å². The Morgan fingerprint density at radius 2 is 1.81 bits per heavy atom. The number of rotatable bonds is 2. The predicted molar refractivity (Wildman–Crippen MR) is 122 cm³/mol. The molecule has 0 saturated carbocycles. The Bertz CT molecular complexity index is 1120. The van der Waals surface area contributed by atoms with Gasteiger partial charge in [0.15, 0.2) is 0 Å². The van der Waals surface area contributed by atoms with Crippen molar-refractivity contribution >= 4 is 17.5 Å². The summed E-state index contributed by atoms with van der Waals surface area (Å²) in [4.78, 5) is 33.6. The summed E-state index contributed by atoms with van der Waals surface area (Å²) in [5.41, 5.74) is 3.38.